The molecule has 2 rings (SSSR count). The first-order valence-corrected chi connectivity index (χ1v) is 9.81. The van der Waals surface area contributed by atoms with Gasteiger partial charge in [0, 0.05) is 26.2 Å². The molecule has 0 aromatic heterocycles. The number of benzene rings is 1. The zero-order chi connectivity index (χ0) is 19.8. The molecule has 28 heavy (non-hydrogen) atoms. The van der Waals surface area contributed by atoms with Crippen LogP contribution in [0.5, 0.6) is 5.75 Å². The van der Waals surface area contributed by atoms with Gasteiger partial charge in [-0.2, -0.15) is 0 Å². The molecule has 158 valence electrons. The minimum atomic E-state index is -0.135. The molecule has 2 unspecified atom stereocenters. The predicted molar refractivity (Wildman–Crippen MR) is 124 cm³/mol. The van der Waals surface area contributed by atoms with Crippen molar-refractivity contribution in [3.05, 3.63) is 29.8 Å². The number of hydrogen-bond donors (Lipinski definition) is 1. The van der Waals surface area contributed by atoms with Crippen LogP contribution in [0.2, 0.25) is 0 Å². The third-order valence-corrected chi connectivity index (χ3v) is 4.71. The van der Waals surface area contributed by atoms with Gasteiger partial charge in [0.15, 0.2) is 5.96 Å². The SMILES string of the molecule is CCNC(=NCCc1ccc(OC(C)C)cc1)N1CC(C)C(C(=O)OC)C1.I. The number of carbonyl (C=O) groups excluding carboxylic acids is 1. The smallest absolute Gasteiger partial charge is 0.310 e. The number of nitrogens with one attached hydrogen (secondary N) is 1. The minimum absolute atomic E-state index is 0. The predicted octanol–water partition coefficient (Wildman–Crippen LogP) is 3.34. The lowest BCUT2D eigenvalue weighted by Crippen LogP contribution is -2.40. The number of aliphatic imine (C=N–C) groups is 1. The highest BCUT2D eigenvalue weighted by atomic mass is 127. The fraction of sp³-hybridized carbons (Fsp3) is 0.619. The van der Waals surface area contributed by atoms with Gasteiger partial charge >= 0.3 is 5.97 Å². The monoisotopic (exact) mass is 503 g/mol. The van der Waals surface area contributed by atoms with Crippen LogP contribution in [0.15, 0.2) is 29.3 Å². The molecular formula is C21H34IN3O3. The molecule has 0 aliphatic carbocycles. The van der Waals surface area contributed by atoms with Crippen molar-refractivity contribution in [3.8, 4) is 5.75 Å². The molecule has 0 spiro atoms. The number of carbonyl (C=O) groups is 1. The Balaban J connectivity index is 0.00000392. The zero-order valence-corrected chi connectivity index (χ0v) is 19.9. The second kappa shape index (κ2) is 12.1. The Morgan fingerprint density at radius 2 is 1.96 bits per heavy atom. The summed E-state index contributed by atoms with van der Waals surface area (Å²) in [5, 5.41) is 3.34. The van der Waals surface area contributed by atoms with Gasteiger partial charge < -0.3 is 19.7 Å². The van der Waals surface area contributed by atoms with E-state index in [-0.39, 0.29) is 47.9 Å². The summed E-state index contributed by atoms with van der Waals surface area (Å²) in [5.74, 6) is 1.80. The maximum Gasteiger partial charge on any atom is 0.310 e. The van der Waals surface area contributed by atoms with Gasteiger partial charge in [0.1, 0.15) is 5.75 Å². The number of methoxy groups -OCH3 is 1. The van der Waals surface area contributed by atoms with Crippen LogP contribution in [-0.2, 0) is 16.0 Å². The molecule has 1 aromatic rings. The van der Waals surface area contributed by atoms with Crippen molar-refractivity contribution in [2.75, 3.05) is 33.3 Å². The van der Waals surface area contributed by atoms with Gasteiger partial charge in [-0.3, -0.25) is 9.79 Å². The van der Waals surface area contributed by atoms with E-state index in [4.69, 9.17) is 14.5 Å². The average molecular weight is 503 g/mol. The van der Waals surface area contributed by atoms with Gasteiger partial charge in [-0.1, -0.05) is 19.1 Å². The molecule has 6 nitrogen and oxygen atoms in total. The average Bonchev–Trinajstić information content (AvgIpc) is 3.03. The van der Waals surface area contributed by atoms with Crippen LogP contribution in [0.3, 0.4) is 0 Å². The topological polar surface area (TPSA) is 63.2 Å². The Bertz CT molecular complexity index is 634. The van der Waals surface area contributed by atoms with E-state index in [1.807, 2.05) is 26.0 Å². The van der Waals surface area contributed by atoms with Gasteiger partial charge in [-0.25, -0.2) is 0 Å². The molecule has 0 bridgehead atoms. The Morgan fingerprint density at radius 1 is 1.29 bits per heavy atom. The number of nitrogens with zero attached hydrogens (tertiary/aromatic N) is 2. The molecule has 1 N–H and O–H groups in total. The number of guanidine groups is 1. The summed E-state index contributed by atoms with van der Waals surface area (Å²) >= 11 is 0. The zero-order valence-electron chi connectivity index (χ0n) is 17.6. The van der Waals surface area contributed by atoms with E-state index < -0.39 is 0 Å². The van der Waals surface area contributed by atoms with E-state index in [2.05, 4.69) is 36.2 Å². The lowest BCUT2D eigenvalue weighted by molar-refractivity contribution is -0.145. The van der Waals surface area contributed by atoms with Crippen LogP contribution in [0.4, 0.5) is 0 Å². The number of halogens is 1. The van der Waals surface area contributed by atoms with Crippen molar-refractivity contribution in [2.24, 2.45) is 16.8 Å². The summed E-state index contributed by atoms with van der Waals surface area (Å²) in [7, 11) is 1.45. The van der Waals surface area contributed by atoms with Gasteiger partial charge in [-0.15, -0.1) is 24.0 Å². The highest BCUT2D eigenvalue weighted by Crippen LogP contribution is 2.24. The summed E-state index contributed by atoms with van der Waals surface area (Å²) < 4.78 is 10.6. The van der Waals surface area contributed by atoms with E-state index >= 15 is 0 Å². The van der Waals surface area contributed by atoms with Crippen LogP contribution in [0, 0.1) is 11.8 Å². The molecule has 1 heterocycles. The number of likely N-dealkylation sites (tertiary alicyclic amines) is 1. The number of ether oxygens (including phenoxy) is 2. The van der Waals surface area contributed by atoms with Crippen molar-refractivity contribution in [1.82, 2.24) is 10.2 Å². The van der Waals surface area contributed by atoms with Crippen LogP contribution in [0.1, 0.15) is 33.3 Å². The Hall–Kier alpha value is -1.51. The first-order chi connectivity index (χ1) is 12.9. The summed E-state index contributed by atoms with van der Waals surface area (Å²) in [5.41, 5.74) is 1.23. The van der Waals surface area contributed by atoms with E-state index in [1.54, 1.807) is 0 Å². The molecule has 1 fully saturated rings. The summed E-state index contributed by atoms with van der Waals surface area (Å²) in [6.07, 6.45) is 1.04. The quantitative estimate of drug-likeness (QED) is 0.268. The maximum absolute atomic E-state index is 11.9. The van der Waals surface area contributed by atoms with Crippen LogP contribution < -0.4 is 10.1 Å². The lowest BCUT2D eigenvalue weighted by atomic mass is 9.99. The Morgan fingerprint density at radius 3 is 2.54 bits per heavy atom. The maximum atomic E-state index is 11.9. The standard InChI is InChI=1S/C21H33N3O3.HI/c1-6-22-21(24-13-16(4)19(14-24)20(25)26-5)23-12-11-17-7-9-18(10-8-17)27-15(2)3;/h7-10,15-16,19H,6,11-14H2,1-5H3,(H,22,23);1H. The van der Waals surface area contributed by atoms with Crippen molar-refractivity contribution < 1.29 is 14.3 Å². The second-order valence-corrected chi connectivity index (χ2v) is 7.31. The van der Waals surface area contributed by atoms with E-state index in [0.29, 0.717) is 13.1 Å². The van der Waals surface area contributed by atoms with Crippen molar-refractivity contribution in [3.63, 3.8) is 0 Å². The third kappa shape index (κ3) is 7.14. The second-order valence-electron chi connectivity index (χ2n) is 7.31. The summed E-state index contributed by atoms with van der Waals surface area (Å²) in [6, 6.07) is 8.19. The van der Waals surface area contributed by atoms with Gasteiger partial charge in [0.25, 0.3) is 0 Å². The molecule has 1 saturated heterocycles. The van der Waals surface area contributed by atoms with E-state index in [9.17, 15) is 4.79 Å². The Labute approximate surface area is 186 Å². The molecule has 1 aromatic carbocycles. The normalized spacial score (nSPS) is 19.4. The summed E-state index contributed by atoms with van der Waals surface area (Å²) in [6.45, 7) is 11.2. The van der Waals surface area contributed by atoms with Gasteiger partial charge in [0.2, 0.25) is 0 Å². The van der Waals surface area contributed by atoms with E-state index in [1.165, 1.54) is 12.7 Å². The number of rotatable bonds is 7. The Kier molecular flexibility index (Phi) is 10.6. The largest absolute Gasteiger partial charge is 0.491 e. The summed E-state index contributed by atoms with van der Waals surface area (Å²) in [4.78, 5) is 18.9. The number of esters is 1. The fourth-order valence-electron chi connectivity index (χ4n) is 3.32. The lowest BCUT2D eigenvalue weighted by Gasteiger charge is -2.21. The van der Waals surface area contributed by atoms with Crippen LogP contribution in [0.25, 0.3) is 0 Å². The van der Waals surface area contributed by atoms with Gasteiger partial charge in [0.05, 0.1) is 19.1 Å². The minimum Gasteiger partial charge on any atom is -0.491 e. The van der Waals surface area contributed by atoms with Crippen LogP contribution in [-0.4, -0.2) is 56.2 Å². The van der Waals surface area contributed by atoms with Crippen LogP contribution >= 0.6 is 24.0 Å². The molecule has 2 atom stereocenters. The molecule has 0 saturated carbocycles. The molecule has 1 aliphatic heterocycles. The molecular weight excluding hydrogens is 469 g/mol. The first-order valence-electron chi connectivity index (χ1n) is 9.81. The van der Waals surface area contributed by atoms with Crippen molar-refractivity contribution in [1.29, 1.82) is 0 Å². The van der Waals surface area contributed by atoms with E-state index in [0.717, 1.165) is 31.2 Å². The highest BCUT2D eigenvalue weighted by molar-refractivity contribution is 14.0. The van der Waals surface area contributed by atoms with Gasteiger partial charge in [-0.05, 0) is 50.8 Å². The highest BCUT2D eigenvalue weighted by Gasteiger charge is 2.36. The molecule has 0 amide bonds. The molecule has 7 heteroatoms. The molecule has 1 aliphatic rings. The number of hydrogen-bond acceptors (Lipinski definition) is 4. The fourth-order valence-corrected chi connectivity index (χ4v) is 3.32. The first kappa shape index (κ1) is 24.5. The third-order valence-electron chi connectivity index (χ3n) is 4.71. The molecule has 0 radical (unpaired) electrons. The van der Waals surface area contributed by atoms with Crippen molar-refractivity contribution in [2.45, 2.75) is 40.2 Å². The van der Waals surface area contributed by atoms with Crippen molar-refractivity contribution >= 4 is 35.9 Å².